The minimum atomic E-state index is -0.562. The van der Waals surface area contributed by atoms with Crippen molar-refractivity contribution < 1.29 is 13.9 Å². The van der Waals surface area contributed by atoms with Crippen LogP contribution in [0.25, 0.3) is 10.9 Å². The summed E-state index contributed by atoms with van der Waals surface area (Å²) < 4.78 is 24.0. The molecule has 4 heterocycles. The second kappa shape index (κ2) is 8.66. The van der Waals surface area contributed by atoms with Crippen molar-refractivity contribution >= 4 is 22.7 Å². The lowest BCUT2D eigenvalue weighted by molar-refractivity contribution is 0.0187. The first kappa shape index (κ1) is 23.3. The highest BCUT2D eigenvalue weighted by molar-refractivity contribution is 5.82. The molecule has 1 amide bonds. The van der Waals surface area contributed by atoms with Gasteiger partial charge in [-0.25, -0.2) is 14.2 Å². The summed E-state index contributed by atoms with van der Waals surface area (Å²) in [5.41, 5.74) is 2.31. The first-order chi connectivity index (χ1) is 16.6. The van der Waals surface area contributed by atoms with E-state index in [-0.39, 0.29) is 23.1 Å². The summed E-state index contributed by atoms with van der Waals surface area (Å²) in [6.07, 6.45) is 5.09. The molecule has 1 aromatic carbocycles. The molecule has 9 nitrogen and oxygen atoms in total. The van der Waals surface area contributed by atoms with E-state index in [4.69, 9.17) is 4.74 Å². The van der Waals surface area contributed by atoms with Crippen molar-refractivity contribution in [2.45, 2.75) is 58.2 Å². The Kier molecular flexibility index (Phi) is 5.77. The van der Waals surface area contributed by atoms with Gasteiger partial charge in [0, 0.05) is 63.1 Å². The van der Waals surface area contributed by atoms with E-state index in [1.54, 1.807) is 15.6 Å². The second-order valence-electron chi connectivity index (χ2n) is 10.4. The van der Waals surface area contributed by atoms with Crippen LogP contribution < -0.4 is 10.5 Å². The second-order valence-corrected chi connectivity index (χ2v) is 10.4. The predicted molar refractivity (Wildman–Crippen MR) is 130 cm³/mol. The number of aryl methyl sites for hydroxylation is 1. The SMILES string of the molecule is Cn1cc2c(n1)CCN(c1cc(F)c3c(=O)n(C4CCN(C(=O)OC(C)(C)C)CC4)cnc3c1)C2. The van der Waals surface area contributed by atoms with Gasteiger partial charge in [-0.1, -0.05) is 0 Å². The van der Waals surface area contributed by atoms with E-state index in [1.165, 1.54) is 17.0 Å². The Labute approximate surface area is 203 Å². The van der Waals surface area contributed by atoms with Crippen molar-refractivity contribution in [3.8, 4) is 0 Å². The molecule has 10 heteroatoms. The predicted octanol–water partition coefficient (Wildman–Crippen LogP) is 3.40. The highest BCUT2D eigenvalue weighted by Crippen LogP contribution is 2.28. The fourth-order valence-corrected chi connectivity index (χ4v) is 4.97. The number of fused-ring (bicyclic) bond motifs is 2. The molecule has 5 rings (SSSR count). The molecule has 1 fully saturated rings. The van der Waals surface area contributed by atoms with Gasteiger partial charge >= 0.3 is 6.09 Å². The molecule has 3 aromatic rings. The smallest absolute Gasteiger partial charge is 0.410 e. The lowest BCUT2D eigenvalue weighted by Gasteiger charge is -2.34. The van der Waals surface area contributed by atoms with E-state index in [0.717, 1.165) is 24.2 Å². The third-order valence-electron chi connectivity index (χ3n) is 6.67. The highest BCUT2D eigenvalue weighted by Gasteiger charge is 2.29. The highest BCUT2D eigenvalue weighted by atomic mass is 19.1. The summed E-state index contributed by atoms with van der Waals surface area (Å²) in [6, 6.07) is 3.07. The lowest BCUT2D eigenvalue weighted by Crippen LogP contribution is -2.43. The summed E-state index contributed by atoms with van der Waals surface area (Å²) >= 11 is 0. The summed E-state index contributed by atoms with van der Waals surface area (Å²) in [4.78, 5) is 33.8. The minimum Gasteiger partial charge on any atom is -0.444 e. The molecular weight excluding hydrogens is 451 g/mol. The van der Waals surface area contributed by atoms with E-state index in [0.29, 0.717) is 43.7 Å². The molecule has 0 unspecified atom stereocenters. The monoisotopic (exact) mass is 482 g/mol. The number of benzene rings is 1. The van der Waals surface area contributed by atoms with E-state index < -0.39 is 11.4 Å². The van der Waals surface area contributed by atoms with Gasteiger partial charge in [0.15, 0.2) is 0 Å². The average molecular weight is 483 g/mol. The van der Waals surface area contributed by atoms with Crippen LogP contribution in [0.1, 0.15) is 50.9 Å². The number of aromatic nitrogens is 4. The first-order valence-electron chi connectivity index (χ1n) is 12.0. The number of hydrogen-bond donors (Lipinski definition) is 0. The zero-order valence-electron chi connectivity index (χ0n) is 20.6. The molecule has 2 aliphatic heterocycles. The van der Waals surface area contributed by atoms with Gasteiger partial charge in [0.05, 0.1) is 17.5 Å². The number of likely N-dealkylation sites (tertiary alicyclic amines) is 1. The lowest BCUT2D eigenvalue weighted by atomic mass is 10.0. The molecule has 2 aliphatic rings. The third kappa shape index (κ3) is 4.61. The number of amides is 1. The number of rotatable bonds is 2. The van der Waals surface area contributed by atoms with E-state index >= 15 is 4.39 Å². The van der Waals surface area contributed by atoms with E-state index in [2.05, 4.69) is 15.0 Å². The number of piperidine rings is 1. The van der Waals surface area contributed by atoms with E-state index in [9.17, 15) is 9.59 Å². The third-order valence-corrected chi connectivity index (χ3v) is 6.67. The van der Waals surface area contributed by atoms with Crippen LogP contribution in [0.2, 0.25) is 0 Å². The van der Waals surface area contributed by atoms with Gasteiger partial charge in [0.1, 0.15) is 16.8 Å². The molecule has 0 aliphatic carbocycles. The van der Waals surface area contributed by atoms with Crippen LogP contribution >= 0.6 is 0 Å². The van der Waals surface area contributed by atoms with Crippen LogP contribution in [0.5, 0.6) is 0 Å². The Bertz CT molecular complexity index is 1330. The van der Waals surface area contributed by atoms with Gasteiger partial charge < -0.3 is 14.5 Å². The molecule has 0 bridgehead atoms. The quantitative estimate of drug-likeness (QED) is 0.557. The number of ether oxygens (including phenoxy) is 1. The van der Waals surface area contributed by atoms with Crippen LogP contribution in [-0.2, 0) is 24.8 Å². The van der Waals surface area contributed by atoms with Crippen LogP contribution in [0.15, 0.2) is 29.5 Å². The number of carbonyl (C=O) groups is 1. The molecule has 35 heavy (non-hydrogen) atoms. The summed E-state index contributed by atoms with van der Waals surface area (Å²) in [5, 5.41) is 4.48. The normalized spacial score (nSPS) is 17.1. The summed E-state index contributed by atoms with van der Waals surface area (Å²) in [7, 11) is 1.90. The molecular formula is C25H31FN6O3. The molecule has 0 atom stereocenters. The van der Waals surface area contributed by atoms with Crippen molar-refractivity contribution in [1.82, 2.24) is 24.2 Å². The van der Waals surface area contributed by atoms with Gasteiger partial charge in [0.25, 0.3) is 5.56 Å². The number of hydrogen-bond acceptors (Lipinski definition) is 6. The zero-order valence-corrected chi connectivity index (χ0v) is 20.6. The topological polar surface area (TPSA) is 85.5 Å². The maximum absolute atomic E-state index is 15.3. The molecule has 2 aromatic heterocycles. The molecule has 186 valence electrons. The molecule has 1 saturated heterocycles. The van der Waals surface area contributed by atoms with Crippen molar-refractivity contribution in [2.75, 3.05) is 24.5 Å². The summed E-state index contributed by atoms with van der Waals surface area (Å²) in [6.45, 7) is 7.80. The minimum absolute atomic E-state index is 0.00454. The Balaban J connectivity index is 1.35. The average Bonchev–Trinajstić information content (AvgIpc) is 3.17. The number of anilines is 1. The molecule has 0 N–H and O–H groups in total. The standard InChI is InChI=1S/C25H31FN6O3/c1-25(2,3)35-24(34)30-8-5-17(6-9-30)32-15-27-21-12-18(11-19(26)22(21)23(32)33)31-10-7-20-16(14-31)13-29(4)28-20/h11-13,15,17H,5-10,14H2,1-4H3. The largest absolute Gasteiger partial charge is 0.444 e. The van der Waals surface area contributed by atoms with Gasteiger partial charge in [-0.2, -0.15) is 5.10 Å². The Morgan fingerprint density at radius 2 is 1.91 bits per heavy atom. The maximum atomic E-state index is 15.3. The molecule has 0 saturated carbocycles. The van der Waals surface area contributed by atoms with Gasteiger partial charge in [-0.3, -0.25) is 14.0 Å². The van der Waals surface area contributed by atoms with Crippen LogP contribution in [0.4, 0.5) is 14.9 Å². The Hall–Kier alpha value is -3.43. The van der Waals surface area contributed by atoms with Crippen molar-refractivity contribution in [3.63, 3.8) is 0 Å². The molecule has 0 spiro atoms. The zero-order chi connectivity index (χ0) is 24.9. The van der Waals surface area contributed by atoms with Crippen molar-refractivity contribution in [2.24, 2.45) is 7.05 Å². The van der Waals surface area contributed by atoms with Crippen LogP contribution in [0, 0.1) is 5.82 Å². The number of nitrogens with zero attached hydrogens (tertiary/aromatic N) is 6. The fraction of sp³-hybridized carbons (Fsp3) is 0.520. The van der Waals surface area contributed by atoms with Crippen molar-refractivity contribution in [1.29, 1.82) is 0 Å². The maximum Gasteiger partial charge on any atom is 0.410 e. The Morgan fingerprint density at radius 3 is 2.63 bits per heavy atom. The summed E-state index contributed by atoms with van der Waals surface area (Å²) in [5.74, 6) is -0.562. The van der Waals surface area contributed by atoms with Gasteiger partial charge in [0.2, 0.25) is 0 Å². The van der Waals surface area contributed by atoms with Crippen molar-refractivity contribution in [3.05, 3.63) is 52.1 Å². The van der Waals surface area contributed by atoms with Gasteiger partial charge in [-0.15, -0.1) is 0 Å². The fourth-order valence-electron chi connectivity index (χ4n) is 4.97. The van der Waals surface area contributed by atoms with E-state index in [1.807, 2.05) is 34.0 Å². The number of halogens is 1. The molecule has 0 radical (unpaired) electrons. The van der Waals surface area contributed by atoms with Crippen LogP contribution in [-0.4, -0.2) is 55.6 Å². The first-order valence-corrected chi connectivity index (χ1v) is 12.0. The number of carbonyl (C=O) groups excluding carboxylic acids is 1. The van der Waals surface area contributed by atoms with Crippen LogP contribution in [0.3, 0.4) is 0 Å². The van der Waals surface area contributed by atoms with Gasteiger partial charge in [-0.05, 0) is 45.7 Å². The Morgan fingerprint density at radius 1 is 1.17 bits per heavy atom.